The topological polar surface area (TPSA) is 17.1 Å². The standard InChI is InChI=1S/C17H18O/c1-13(2)16-10-6-7-14(11-16)12-17(18)15-8-4-3-5-9-15/h3-11,13H,12H2,1-2H3. The van der Waals surface area contributed by atoms with Crippen molar-refractivity contribution in [1.29, 1.82) is 0 Å². The second kappa shape index (κ2) is 5.63. The van der Waals surface area contributed by atoms with Crippen LogP contribution in [0.1, 0.15) is 41.3 Å². The Hall–Kier alpha value is -1.89. The molecule has 2 rings (SSSR count). The third-order valence-corrected chi connectivity index (χ3v) is 3.08. The fourth-order valence-electron chi connectivity index (χ4n) is 1.97. The van der Waals surface area contributed by atoms with Crippen LogP contribution >= 0.6 is 0 Å². The summed E-state index contributed by atoms with van der Waals surface area (Å²) in [6.07, 6.45) is 0.477. The van der Waals surface area contributed by atoms with Crippen LogP contribution in [0, 0.1) is 0 Å². The minimum Gasteiger partial charge on any atom is -0.294 e. The van der Waals surface area contributed by atoms with Crippen LogP contribution < -0.4 is 0 Å². The number of hydrogen-bond donors (Lipinski definition) is 0. The van der Waals surface area contributed by atoms with Gasteiger partial charge in [0.15, 0.2) is 5.78 Å². The van der Waals surface area contributed by atoms with Crippen molar-refractivity contribution in [2.45, 2.75) is 26.2 Å². The number of hydrogen-bond acceptors (Lipinski definition) is 1. The van der Waals surface area contributed by atoms with Crippen molar-refractivity contribution in [3.05, 3.63) is 71.3 Å². The maximum atomic E-state index is 12.1. The summed E-state index contributed by atoms with van der Waals surface area (Å²) in [5.74, 6) is 0.674. The molecule has 0 bridgehead atoms. The Kier molecular flexibility index (Phi) is 3.93. The maximum Gasteiger partial charge on any atom is 0.167 e. The lowest BCUT2D eigenvalue weighted by atomic mass is 9.97. The second-order valence-electron chi connectivity index (χ2n) is 4.87. The molecule has 0 heterocycles. The molecule has 0 aromatic heterocycles. The van der Waals surface area contributed by atoms with E-state index in [0.717, 1.165) is 11.1 Å². The highest BCUT2D eigenvalue weighted by atomic mass is 16.1. The van der Waals surface area contributed by atoms with Crippen molar-refractivity contribution in [3.63, 3.8) is 0 Å². The van der Waals surface area contributed by atoms with E-state index in [1.165, 1.54) is 5.56 Å². The molecule has 1 heteroatoms. The van der Waals surface area contributed by atoms with Gasteiger partial charge in [0.25, 0.3) is 0 Å². The smallest absolute Gasteiger partial charge is 0.167 e. The number of benzene rings is 2. The molecule has 0 atom stereocenters. The van der Waals surface area contributed by atoms with Crippen molar-refractivity contribution < 1.29 is 4.79 Å². The monoisotopic (exact) mass is 238 g/mol. The summed E-state index contributed by atoms with van der Waals surface area (Å²) in [7, 11) is 0. The van der Waals surface area contributed by atoms with E-state index >= 15 is 0 Å². The van der Waals surface area contributed by atoms with Crippen LogP contribution in [0.2, 0.25) is 0 Å². The lowest BCUT2D eigenvalue weighted by Gasteiger charge is -2.07. The predicted molar refractivity (Wildman–Crippen MR) is 75.0 cm³/mol. The number of Topliss-reactive ketones (excluding diaryl/α,β-unsaturated/α-hetero) is 1. The Balaban J connectivity index is 2.15. The van der Waals surface area contributed by atoms with Crippen LogP contribution in [-0.2, 0) is 6.42 Å². The van der Waals surface area contributed by atoms with Crippen molar-refractivity contribution in [1.82, 2.24) is 0 Å². The van der Waals surface area contributed by atoms with Gasteiger partial charge in [0.1, 0.15) is 0 Å². The molecule has 0 amide bonds. The molecular formula is C17H18O. The zero-order chi connectivity index (χ0) is 13.0. The highest BCUT2D eigenvalue weighted by molar-refractivity contribution is 5.97. The van der Waals surface area contributed by atoms with Crippen molar-refractivity contribution in [2.75, 3.05) is 0 Å². The Labute approximate surface area is 108 Å². The third-order valence-electron chi connectivity index (χ3n) is 3.08. The summed E-state index contributed by atoms with van der Waals surface area (Å²) in [5, 5.41) is 0. The molecule has 18 heavy (non-hydrogen) atoms. The lowest BCUT2D eigenvalue weighted by molar-refractivity contribution is 0.0993. The first-order chi connectivity index (χ1) is 8.66. The fourth-order valence-corrected chi connectivity index (χ4v) is 1.97. The Morgan fingerprint density at radius 3 is 2.39 bits per heavy atom. The third kappa shape index (κ3) is 3.07. The molecule has 0 saturated carbocycles. The van der Waals surface area contributed by atoms with Crippen LogP contribution in [0.25, 0.3) is 0 Å². The molecule has 0 aliphatic carbocycles. The van der Waals surface area contributed by atoms with Gasteiger partial charge in [-0.1, -0.05) is 68.4 Å². The van der Waals surface area contributed by atoms with Gasteiger partial charge in [-0.05, 0) is 17.0 Å². The molecule has 0 saturated heterocycles. The van der Waals surface area contributed by atoms with E-state index in [1.807, 2.05) is 42.5 Å². The van der Waals surface area contributed by atoms with Crippen molar-refractivity contribution in [3.8, 4) is 0 Å². The fraction of sp³-hybridized carbons (Fsp3) is 0.235. The van der Waals surface area contributed by atoms with Crippen LogP contribution in [0.4, 0.5) is 0 Å². The van der Waals surface area contributed by atoms with E-state index in [-0.39, 0.29) is 5.78 Å². The SMILES string of the molecule is CC(C)c1cccc(CC(=O)c2ccccc2)c1. The first-order valence-corrected chi connectivity index (χ1v) is 6.34. The molecular weight excluding hydrogens is 220 g/mol. The largest absolute Gasteiger partial charge is 0.294 e. The van der Waals surface area contributed by atoms with E-state index in [2.05, 4.69) is 26.0 Å². The molecule has 2 aromatic carbocycles. The molecule has 0 fully saturated rings. The molecule has 0 N–H and O–H groups in total. The van der Waals surface area contributed by atoms with Gasteiger partial charge in [0, 0.05) is 12.0 Å². The van der Waals surface area contributed by atoms with E-state index in [0.29, 0.717) is 12.3 Å². The van der Waals surface area contributed by atoms with Gasteiger partial charge in [0.05, 0.1) is 0 Å². The molecule has 2 aromatic rings. The van der Waals surface area contributed by atoms with Gasteiger partial charge in [-0.15, -0.1) is 0 Å². The van der Waals surface area contributed by atoms with Gasteiger partial charge in [0.2, 0.25) is 0 Å². The average Bonchev–Trinajstić information content (AvgIpc) is 2.40. The van der Waals surface area contributed by atoms with Gasteiger partial charge in [-0.3, -0.25) is 4.79 Å². The number of carbonyl (C=O) groups excluding carboxylic acids is 1. The van der Waals surface area contributed by atoms with E-state index in [9.17, 15) is 4.79 Å². The highest BCUT2D eigenvalue weighted by Gasteiger charge is 2.07. The normalized spacial score (nSPS) is 10.6. The first kappa shape index (κ1) is 12.6. The van der Waals surface area contributed by atoms with Crippen LogP contribution in [0.3, 0.4) is 0 Å². The van der Waals surface area contributed by atoms with Crippen LogP contribution in [-0.4, -0.2) is 5.78 Å². The summed E-state index contributed by atoms with van der Waals surface area (Å²) < 4.78 is 0. The number of carbonyl (C=O) groups is 1. The first-order valence-electron chi connectivity index (χ1n) is 6.34. The second-order valence-corrected chi connectivity index (χ2v) is 4.87. The van der Waals surface area contributed by atoms with Gasteiger partial charge >= 0.3 is 0 Å². The Morgan fingerprint density at radius 1 is 1.00 bits per heavy atom. The quantitative estimate of drug-likeness (QED) is 0.728. The van der Waals surface area contributed by atoms with Crippen LogP contribution in [0.5, 0.6) is 0 Å². The number of rotatable bonds is 4. The van der Waals surface area contributed by atoms with E-state index in [4.69, 9.17) is 0 Å². The Morgan fingerprint density at radius 2 is 1.72 bits per heavy atom. The summed E-state index contributed by atoms with van der Waals surface area (Å²) >= 11 is 0. The molecule has 0 unspecified atom stereocenters. The average molecular weight is 238 g/mol. The molecule has 0 radical (unpaired) electrons. The van der Waals surface area contributed by atoms with Crippen molar-refractivity contribution >= 4 is 5.78 Å². The lowest BCUT2D eigenvalue weighted by Crippen LogP contribution is -2.03. The summed E-state index contributed by atoms with van der Waals surface area (Å²) in [6.45, 7) is 4.33. The summed E-state index contributed by atoms with van der Waals surface area (Å²) in [5.41, 5.74) is 3.16. The van der Waals surface area contributed by atoms with E-state index < -0.39 is 0 Å². The molecule has 0 spiro atoms. The van der Waals surface area contributed by atoms with Gasteiger partial charge in [-0.25, -0.2) is 0 Å². The Bertz CT molecular complexity index is 526. The maximum absolute atomic E-state index is 12.1. The van der Waals surface area contributed by atoms with E-state index in [1.54, 1.807) is 0 Å². The zero-order valence-corrected chi connectivity index (χ0v) is 10.9. The minimum atomic E-state index is 0.177. The number of ketones is 1. The van der Waals surface area contributed by atoms with Gasteiger partial charge in [-0.2, -0.15) is 0 Å². The molecule has 0 aliphatic heterocycles. The van der Waals surface area contributed by atoms with Gasteiger partial charge < -0.3 is 0 Å². The summed E-state index contributed by atoms with van der Waals surface area (Å²) in [6, 6.07) is 17.8. The predicted octanol–water partition coefficient (Wildman–Crippen LogP) is 4.24. The molecule has 0 aliphatic rings. The minimum absolute atomic E-state index is 0.177. The molecule has 1 nitrogen and oxygen atoms in total. The highest BCUT2D eigenvalue weighted by Crippen LogP contribution is 2.16. The van der Waals surface area contributed by atoms with Crippen LogP contribution in [0.15, 0.2) is 54.6 Å². The molecule has 92 valence electrons. The zero-order valence-electron chi connectivity index (χ0n) is 10.9. The van der Waals surface area contributed by atoms with Crippen molar-refractivity contribution in [2.24, 2.45) is 0 Å². The summed E-state index contributed by atoms with van der Waals surface area (Å²) in [4.78, 5) is 12.1.